The average molecular weight is 301 g/mol. The Hall–Kier alpha value is -1.11. The minimum atomic E-state index is -3.58. The van der Waals surface area contributed by atoms with E-state index in [2.05, 4.69) is 4.72 Å². The van der Waals surface area contributed by atoms with Gasteiger partial charge in [0, 0.05) is 12.6 Å². The van der Waals surface area contributed by atoms with Crippen LogP contribution in [0.15, 0.2) is 29.2 Å². The van der Waals surface area contributed by atoms with E-state index in [-0.39, 0.29) is 16.9 Å². The van der Waals surface area contributed by atoms with Crippen LogP contribution in [0.25, 0.3) is 0 Å². The summed E-state index contributed by atoms with van der Waals surface area (Å²) >= 11 is 0. The first kappa shape index (κ1) is 16.9. The van der Waals surface area contributed by atoms with Crippen LogP contribution in [0.4, 0.5) is 0 Å². The van der Waals surface area contributed by atoms with Gasteiger partial charge in [-0.25, -0.2) is 13.1 Å². The first-order valence-electron chi connectivity index (χ1n) is 6.48. The second-order valence-corrected chi connectivity index (χ2v) is 7.51. The Balaban J connectivity index is 2.66. The van der Waals surface area contributed by atoms with Gasteiger partial charge in [-0.2, -0.15) is 0 Å². The monoisotopic (exact) mass is 301 g/mol. The molecule has 0 heterocycles. The molecule has 1 unspecified atom stereocenters. The first-order chi connectivity index (χ1) is 9.16. The summed E-state index contributed by atoms with van der Waals surface area (Å²) in [7, 11) is -2.09. The summed E-state index contributed by atoms with van der Waals surface area (Å²) < 4.78 is 31.7. The number of benzene rings is 1. The third-order valence-electron chi connectivity index (χ3n) is 3.06. The Labute approximate surface area is 121 Å². The summed E-state index contributed by atoms with van der Waals surface area (Å²) in [5, 5.41) is 9.88. The van der Waals surface area contributed by atoms with Crippen LogP contribution in [0.1, 0.15) is 27.2 Å². The van der Waals surface area contributed by atoms with Crippen molar-refractivity contribution in [3.8, 4) is 5.75 Å². The Morgan fingerprint density at radius 2 is 2.00 bits per heavy atom. The van der Waals surface area contributed by atoms with E-state index < -0.39 is 16.1 Å². The Bertz CT molecular complexity index is 534. The fraction of sp³-hybridized carbons (Fsp3) is 0.571. The van der Waals surface area contributed by atoms with Crippen molar-refractivity contribution >= 4 is 10.0 Å². The van der Waals surface area contributed by atoms with Gasteiger partial charge in [-0.3, -0.25) is 0 Å². The van der Waals surface area contributed by atoms with E-state index in [1.54, 1.807) is 12.1 Å². The molecule has 1 aromatic carbocycles. The Morgan fingerprint density at radius 3 is 2.55 bits per heavy atom. The molecule has 0 radical (unpaired) electrons. The molecule has 2 N–H and O–H groups in total. The lowest BCUT2D eigenvalue weighted by Crippen LogP contribution is -2.32. The maximum Gasteiger partial charge on any atom is 0.240 e. The number of sulfonamides is 1. The van der Waals surface area contributed by atoms with E-state index >= 15 is 0 Å². The van der Waals surface area contributed by atoms with Crippen molar-refractivity contribution in [3.05, 3.63) is 24.3 Å². The molecule has 1 atom stereocenters. The van der Waals surface area contributed by atoms with Crippen LogP contribution in [0.3, 0.4) is 0 Å². The highest BCUT2D eigenvalue weighted by Crippen LogP contribution is 2.21. The zero-order valence-electron chi connectivity index (χ0n) is 12.4. The summed E-state index contributed by atoms with van der Waals surface area (Å²) in [6.45, 7) is 5.93. The molecular weight excluding hydrogens is 278 g/mol. The minimum absolute atomic E-state index is 0.155. The zero-order chi connectivity index (χ0) is 15.4. The van der Waals surface area contributed by atoms with Gasteiger partial charge in [0.25, 0.3) is 0 Å². The predicted molar refractivity (Wildman–Crippen MR) is 78.3 cm³/mol. The molecule has 20 heavy (non-hydrogen) atoms. The molecule has 0 aromatic heterocycles. The number of methoxy groups -OCH3 is 1. The van der Waals surface area contributed by atoms with Crippen LogP contribution in [0.5, 0.6) is 5.75 Å². The van der Waals surface area contributed by atoms with Gasteiger partial charge in [-0.05, 0) is 24.0 Å². The first-order valence-corrected chi connectivity index (χ1v) is 7.97. The van der Waals surface area contributed by atoms with Crippen molar-refractivity contribution in [2.75, 3.05) is 13.7 Å². The highest BCUT2D eigenvalue weighted by Gasteiger charge is 2.22. The van der Waals surface area contributed by atoms with E-state index in [1.165, 1.54) is 19.2 Å². The van der Waals surface area contributed by atoms with Gasteiger partial charge in [0.2, 0.25) is 10.0 Å². The number of rotatable bonds is 6. The molecule has 5 nitrogen and oxygen atoms in total. The molecule has 0 spiro atoms. The molecule has 0 saturated heterocycles. The predicted octanol–water partition coefficient (Wildman–Crippen LogP) is 1.77. The summed E-state index contributed by atoms with van der Waals surface area (Å²) in [4.78, 5) is 0.155. The number of hydrogen-bond acceptors (Lipinski definition) is 4. The normalized spacial score (nSPS) is 14.1. The largest absolute Gasteiger partial charge is 0.497 e. The summed E-state index contributed by atoms with van der Waals surface area (Å²) in [5.41, 5.74) is -0.262. The maximum absolute atomic E-state index is 12.1. The van der Waals surface area contributed by atoms with Crippen LogP contribution in [0, 0.1) is 5.41 Å². The molecule has 0 aliphatic rings. The lowest BCUT2D eigenvalue weighted by atomic mass is 9.87. The SMILES string of the molecule is COc1cccc(S(=O)(=O)NCCC(O)C(C)(C)C)c1. The molecule has 1 aromatic rings. The van der Waals surface area contributed by atoms with E-state index in [4.69, 9.17) is 4.74 Å². The maximum atomic E-state index is 12.1. The number of hydrogen-bond donors (Lipinski definition) is 2. The molecule has 0 bridgehead atoms. The molecule has 0 amide bonds. The van der Waals surface area contributed by atoms with Gasteiger partial charge >= 0.3 is 0 Å². The van der Waals surface area contributed by atoms with Gasteiger partial charge in [0.15, 0.2) is 0 Å². The summed E-state index contributed by atoms with van der Waals surface area (Å²) in [6, 6.07) is 6.27. The molecule has 0 aliphatic carbocycles. The third kappa shape index (κ3) is 4.77. The summed E-state index contributed by atoms with van der Waals surface area (Å²) in [6.07, 6.45) is -0.192. The molecule has 0 saturated carbocycles. The topological polar surface area (TPSA) is 75.6 Å². The second kappa shape index (κ2) is 6.56. The van der Waals surface area contributed by atoms with Crippen LogP contribution in [0.2, 0.25) is 0 Å². The zero-order valence-corrected chi connectivity index (χ0v) is 13.2. The van der Waals surface area contributed by atoms with Crippen molar-refractivity contribution in [2.24, 2.45) is 5.41 Å². The molecule has 0 fully saturated rings. The Kier molecular flexibility index (Phi) is 5.56. The quantitative estimate of drug-likeness (QED) is 0.839. The Morgan fingerprint density at radius 1 is 1.35 bits per heavy atom. The fourth-order valence-electron chi connectivity index (χ4n) is 1.61. The van der Waals surface area contributed by atoms with Gasteiger partial charge < -0.3 is 9.84 Å². The fourth-order valence-corrected chi connectivity index (χ4v) is 2.70. The molecule has 6 heteroatoms. The lowest BCUT2D eigenvalue weighted by molar-refractivity contribution is 0.0571. The van der Waals surface area contributed by atoms with E-state index in [9.17, 15) is 13.5 Å². The minimum Gasteiger partial charge on any atom is -0.497 e. The highest BCUT2D eigenvalue weighted by molar-refractivity contribution is 7.89. The highest BCUT2D eigenvalue weighted by atomic mass is 32.2. The third-order valence-corrected chi connectivity index (χ3v) is 4.52. The van der Waals surface area contributed by atoms with Gasteiger partial charge in [0.05, 0.1) is 18.1 Å². The van der Waals surface area contributed by atoms with E-state index in [0.717, 1.165) is 0 Å². The van der Waals surface area contributed by atoms with E-state index in [0.29, 0.717) is 12.2 Å². The number of aliphatic hydroxyl groups excluding tert-OH is 1. The summed E-state index contributed by atoms with van der Waals surface area (Å²) in [5.74, 6) is 0.489. The van der Waals surface area contributed by atoms with Crippen LogP contribution in [-0.4, -0.2) is 33.3 Å². The standard InChI is InChI=1S/C14H23NO4S/c1-14(2,3)13(16)8-9-15-20(17,18)12-7-5-6-11(10-12)19-4/h5-7,10,13,15-16H,8-9H2,1-4H3. The van der Waals surface area contributed by atoms with Crippen LogP contribution < -0.4 is 9.46 Å². The van der Waals surface area contributed by atoms with Crippen molar-refractivity contribution in [1.29, 1.82) is 0 Å². The van der Waals surface area contributed by atoms with Crippen molar-refractivity contribution in [3.63, 3.8) is 0 Å². The van der Waals surface area contributed by atoms with Crippen molar-refractivity contribution in [1.82, 2.24) is 4.72 Å². The lowest BCUT2D eigenvalue weighted by Gasteiger charge is -2.25. The second-order valence-electron chi connectivity index (χ2n) is 5.75. The van der Waals surface area contributed by atoms with Crippen LogP contribution >= 0.6 is 0 Å². The number of nitrogens with one attached hydrogen (secondary N) is 1. The molecular formula is C14H23NO4S. The van der Waals surface area contributed by atoms with Gasteiger partial charge in [0.1, 0.15) is 5.75 Å². The van der Waals surface area contributed by atoms with Gasteiger partial charge in [-0.15, -0.1) is 0 Å². The molecule has 1 rings (SSSR count). The van der Waals surface area contributed by atoms with Crippen molar-refractivity contribution < 1.29 is 18.3 Å². The van der Waals surface area contributed by atoms with Crippen molar-refractivity contribution in [2.45, 2.75) is 38.2 Å². The molecule has 114 valence electrons. The average Bonchev–Trinajstić information content (AvgIpc) is 2.37. The van der Waals surface area contributed by atoms with Crippen LogP contribution in [-0.2, 0) is 10.0 Å². The smallest absolute Gasteiger partial charge is 0.240 e. The number of aliphatic hydroxyl groups is 1. The van der Waals surface area contributed by atoms with Gasteiger partial charge in [-0.1, -0.05) is 26.8 Å². The number of ether oxygens (including phenoxy) is 1. The van der Waals surface area contributed by atoms with E-state index in [1.807, 2.05) is 20.8 Å². The molecule has 0 aliphatic heterocycles.